The predicted octanol–water partition coefficient (Wildman–Crippen LogP) is 3.92. The first kappa shape index (κ1) is 26.2. The third-order valence-corrected chi connectivity index (χ3v) is 6.24. The Kier molecular flexibility index (Phi) is 8.12. The van der Waals surface area contributed by atoms with E-state index in [0.717, 1.165) is 18.4 Å². The van der Waals surface area contributed by atoms with Crippen LogP contribution in [0.25, 0.3) is 0 Å². The fourth-order valence-corrected chi connectivity index (χ4v) is 3.99. The Balaban J connectivity index is 0.000000479. The highest BCUT2D eigenvalue weighted by Crippen LogP contribution is 2.48. The number of carboxylic acids is 1. The zero-order valence-electron chi connectivity index (χ0n) is 18.0. The fourth-order valence-electron chi connectivity index (χ4n) is 2.91. The maximum Gasteiger partial charge on any atom is 0.490 e. The Bertz CT molecular complexity index is 1070. The Morgan fingerprint density at radius 1 is 1.03 bits per heavy atom. The van der Waals surface area contributed by atoms with Crippen molar-refractivity contribution in [3.8, 4) is 0 Å². The van der Waals surface area contributed by atoms with Crippen LogP contribution in [0.4, 0.5) is 18.9 Å². The van der Waals surface area contributed by atoms with Crippen LogP contribution in [0.3, 0.4) is 0 Å². The molecule has 3 N–H and O–H groups in total. The molecule has 1 aliphatic carbocycles. The lowest BCUT2D eigenvalue weighted by Crippen LogP contribution is -2.36. The van der Waals surface area contributed by atoms with Gasteiger partial charge in [-0.05, 0) is 48.6 Å². The number of alkyl halides is 3. The van der Waals surface area contributed by atoms with Crippen LogP contribution < -0.4 is 10.0 Å². The van der Waals surface area contributed by atoms with Crippen molar-refractivity contribution < 1.29 is 36.3 Å². The molecule has 0 radical (unpaired) electrons. The van der Waals surface area contributed by atoms with Crippen LogP contribution >= 0.6 is 0 Å². The minimum absolute atomic E-state index is 0.0591. The van der Waals surface area contributed by atoms with Crippen molar-refractivity contribution in [2.45, 2.75) is 43.2 Å². The van der Waals surface area contributed by atoms with Crippen molar-refractivity contribution in [3.05, 3.63) is 60.2 Å². The summed E-state index contributed by atoms with van der Waals surface area (Å²) in [5.41, 5.74) is 0.962. The van der Waals surface area contributed by atoms with E-state index in [1.54, 1.807) is 42.5 Å². The molecule has 0 bridgehead atoms. The van der Waals surface area contributed by atoms with E-state index in [9.17, 15) is 26.4 Å². The van der Waals surface area contributed by atoms with Crippen molar-refractivity contribution in [2.24, 2.45) is 5.92 Å². The molecule has 1 amide bonds. The quantitative estimate of drug-likeness (QED) is 0.549. The summed E-state index contributed by atoms with van der Waals surface area (Å²) in [5, 5.41) is 10.1. The van der Waals surface area contributed by atoms with Gasteiger partial charge in [0.2, 0.25) is 5.91 Å². The zero-order valence-corrected chi connectivity index (χ0v) is 18.8. The number of sulfonamides is 1. The smallest absolute Gasteiger partial charge is 0.475 e. The fraction of sp³-hybridized carbons (Fsp3) is 0.364. The molecule has 0 heterocycles. The molecule has 0 unspecified atom stereocenters. The Morgan fingerprint density at radius 2 is 1.55 bits per heavy atom. The second kappa shape index (κ2) is 10.2. The lowest BCUT2D eigenvalue weighted by atomic mass is 9.94. The van der Waals surface area contributed by atoms with Crippen LogP contribution in [0.15, 0.2) is 59.5 Å². The summed E-state index contributed by atoms with van der Waals surface area (Å²) in [6.07, 6.45) is -3.43. The van der Waals surface area contributed by atoms with Gasteiger partial charge in [-0.3, -0.25) is 9.52 Å². The highest BCUT2D eigenvalue weighted by Gasteiger charge is 2.51. The van der Waals surface area contributed by atoms with Crippen molar-refractivity contribution in [1.29, 1.82) is 0 Å². The van der Waals surface area contributed by atoms with E-state index in [0.29, 0.717) is 18.2 Å². The van der Waals surface area contributed by atoms with Crippen LogP contribution in [-0.2, 0) is 25.0 Å². The predicted molar refractivity (Wildman–Crippen MR) is 116 cm³/mol. The monoisotopic (exact) mass is 486 g/mol. The number of aliphatic carboxylic acids is 1. The lowest BCUT2D eigenvalue weighted by molar-refractivity contribution is -0.192. The number of rotatable bonds is 7. The molecule has 3 rings (SSSR count). The van der Waals surface area contributed by atoms with Crippen molar-refractivity contribution in [3.63, 3.8) is 0 Å². The maximum absolute atomic E-state index is 12.5. The third-order valence-electron chi connectivity index (χ3n) is 4.84. The van der Waals surface area contributed by atoms with Gasteiger partial charge in [0.15, 0.2) is 0 Å². The van der Waals surface area contributed by atoms with Crippen molar-refractivity contribution in [1.82, 2.24) is 5.32 Å². The molecular formula is C22H25F3N2O5S. The second-order valence-corrected chi connectivity index (χ2v) is 9.67. The number of amides is 1. The van der Waals surface area contributed by atoms with Crippen LogP contribution in [0.5, 0.6) is 0 Å². The number of carboxylic acid groups (broad SMARTS) is 1. The molecule has 7 nitrogen and oxygen atoms in total. The molecule has 0 aliphatic heterocycles. The number of carbonyl (C=O) groups is 2. The van der Waals surface area contributed by atoms with Gasteiger partial charge >= 0.3 is 12.1 Å². The van der Waals surface area contributed by atoms with E-state index < -0.39 is 27.6 Å². The SMILES string of the molecule is CC(C)CNC(=O)C1(c2ccc(NS(=O)(=O)c3ccccc3)cc2)CC1.O=C(O)C(F)(F)F. The van der Waals surface area contributed by atoms with Crippen molar-refractivity contribution in [2.75, 3.05) is 11.3 Å². The molecule has 2 aromatic carbocycles. The van der Waals surface area contributed by atoms with E-state index in [1.807, 2.05) is 12.1 Å². The first-order chi connectivity index (χ1) is 15.3. The summed E-state index contributed by atoms with van der Waals surface area (Å²) in [7, 11) is -3.61. The molecular weight excluding hydrogens is 461 g/mol. The Hall–Kier alpha value is -3.08. The first-order valence-electron chi connectivity index (χ1n) is 10.0. The number of hydrogen-bond acceptors (Lipinski definition) is 4. The molecule has 0 saturated heterocycles. The van der Waals surface area contributed by atoms with Gasteiger partial charge in [0.25, 0.3) is 10.0 Å². The zero-order chi connectivity index (χ0) is 24.9. The highest BCUT2D eigenvalue weighted by molar-refractivity contribution is 7.92. The minimum atomic E-state index is -5.08. The standard InChI is InChI=1S/C20H24N2O3S.C2HF3O2/c1-15(2)14-21-19(23)20(12-13-20)16-8-10-17(11-9-16)22-26(24,25)18-6-4-3-5-7-18;3-2(4,5)1(6)7/h3-11,15,22H,12-14H2,1-2H3,(H,21,23);(H,6,7). The summed E-state index contributed by atoms with van der Waals surface area (Å²) in [5.74, 6) is -2.29. The molecule has 1 aliphatic rings. The van der Waals surface area contributed by atoms with Crippen molar-refractivity contribution >= 4 is 27.6 Å². The average Bonchev–Trinajstić information content (AvgIpc) is 3.55. The second-order valence-electron chi connectivity index (χ2n) is 7.98. The molecule has 0 atom stereocenters. The molecule has 180 valence electrons. The number of halogens is 3. The van der Waals surface area contributed by atoms with Gasteiger partial charge in [0, 0.05) is 12.2 Å². The van der Waals surface area contributed by atoms with Gasteiger partial charge in [0.1, 0.15) is 0 Å². The maximum atomic E-state index is 12.5. The largest absolute Gasteiger partial charge is 0.490 e. The third kappa shape index (κ3) is 7.21. The summed E-state index contributed by atoms with van der Waals surface area (Å²) >= 11 is 0. The number of nitrogens with one attached hydrogen (secondary N) is 2. The Morgan fingerprint density at radius 3 is 1.97 bits per heavy atom. The van der Waals surface area contributed by atoms with Gasteiger partial charge < -0.3 is 10.4 Å². The van der Waals surface area contributed by atoms with Gasteiger partial charge in [-0.2, -0.15) is 13.2 Å². The molecule has 11 heteroatoms. The average molecular weight is 487 g/mol. The number of hydrogen-bond donors (Lipinski definition) is 3. The number of anilines is 1. The first-order valence-corrected chi connectivity index (χ1v) is 11.5. The summed E-state index contributed by atoms with van der Waals surface area (Å²) in [6, 6.07) is 15.3. The highest BCUT2D eigenvalue weighted by atomic mass is 32.2. The van der Waals surface area contributed by atoms with Gasteiger partial charge in [-0.25, -0.2) is 13.2 Å². The minimum Gasteiger partial charge on any atom is -0.475 e. The van der Waals surface area contributed by atoms with Gasteiger partial charge in [0.05, 0.1) is 10.3 Å². The summed E-state index contributed by atoms with van der Waals surface area (Å²) in [4.78, 5) is 21.6. The van der Waals surface area contributed by atoms with Crippen LogP contribution in [0.1, 0.15) is 32.3 Å². The van der Waals surface area contributed by atoms with E-state index in [1.165, 1.54) is 0 Å². The molecule has 0 spiro atoms. The van der Waals surface area contributed by atoms with Gasteiger partial charge in [-0.15, -0.1) is 0 Å². The normalized spacial score (nSPS) is 14.6. The number of benzene rings is 2. The lowest BCUT2D eigenvalue weighted by Gasteiger charge is -2.17. The van der Waals surface area contributed by atoms with Crippen LogP contribution in [-0.4, -0.2) is 38.1 Å². The number of carbonyl (C=O) groups excluding carboxylic acids is 1. The Labute approximate surface area is 190 Å². The summed E-state index contributed by atoms with van der Waals surface area (Å²) in [6.45, 7) is 4.79. The molecule has 1 saturated carbocycles. The van der Waals surface area contributed by atoms with Crippen LogP contribution in [0.2, 0.25) is 0 Å². The van der Waals surface area contributed by atoms with Crippen LogP contribution in [0, 0.1) is 5.92 Å². The van der Waals surface area contributed by atoms with E-state index in [-0.39, 0.29) is 10.8 Å². The molecule has 0 aromatic heterocycles. The summed E-state index contributed by atoms with van der Waals surface area (Å²) < 4.78 is 59.1. The van der Waals surface area contributed by atoms with E-state index in [4.69, 9.17) is 9.90 Å². The van der Waals surface area contributed by atoms with E-state index >= 15 is 0 Å². The molecule has 33 heavy (non-hydrogen) atoms. The molecule has 1 fully saturated rings. The van der Waals surface area contributed by atoms with Gasteiger partial charge in [-0.1, -0.05) is 44.2 Å². The topological polar surface area (TPSA) is 113 Å². The van der Waals surface area contributed by atoms with E-state index in [2.05, 4.69) is 23.9 Å². The molecule has 2 aromatic rings.